The molecule has 196 valence electrons. The maximum Gasteiger partial charge on any atom is 0.309 e. The van der Waals surface area contributed by atoms with Crippen molar-refractivity contribution in [2.75, 3.05) is 0 Å². The van der Waals surface area contributed by atoms with Crippen LogP contribution in [0.2, 0.25) is 0 Å². The second-order valence-electron chi connectivity index (χ2n) is 10.5. The lowest BCUT2D eigenvalue weighted by Crippen LogP contribution is -2.46. The van der Waals surface area contributed by atoms with Crippen LogP contribution in [-0.4, -0.2) is 56.5 Å². The fourth-order valence-corrected chi connectivity index (χ4v) is 5.10. The number of nitrogens with zero attached hydrogens (tertiary/aromatic N) is 1. The number of cyclic esters (lactones) is 1. The van der Waals surface area contributed by atoms with Crippen molar-refractivity contribution in [3.05, 3.63) is 33.3 Å². The van der Waals surface area contributed by atoms with Crippen LogP contribution in [0.3, 0.4) is 0 Å². The van der Waals surface area contributed by atoms with Gasteiger partial charge >= 0.3 is 5.97 Å². The highest BCUT2D eigenvalue weighted by atomic mass is 32.1. The Labute approximate surface area is 212 Å². The monoisotopic (exact) mass is 507 g/mol. The number of ether oxygens (including phenoxy) is 1. The lowest BCUT2D eigenvalue weighted by molar-refractivity contribution is -0.157. The number of ketones is 1. The van der Waals surface area contributed by atoms with Gasteiger partial charge < -0.3 is 20.1 Å². The van der Waals surface area contributed by atoms with Crippen LogP contribution in [0.25, 0.3) is 6.08 Å². The molecule has 6 unspecified atom stereocenters. The quantitative estimate of drug-likeness (QED) is 0.405. The summed E-state index contributed by atoms with van der Waals surface area (Å²) in [6.45, 7) is 12.3. The molecule has 0 saturated carbocycles. The lowest BCUT2D eigenvalue weighted by atomic mass is 9.73. The Hall–Kier alpha value is -1.87. The van der Waals surface area contributed by atoms with Gasteiger partial charge in [-0.05, 0) is 57.6 Å². The minimum absolute atomic E-state index is 0.114. The maximum absolute atomic E-state index is 13.2. The predicted molar refractivity (Wildman–Crippen MR) is 138 cm³/mol. The number of aromatic nitrogens is 1. The van der Waals surface area contributed by atoms with Crippen LogP contribution < -0.4 is 0 Å². The molecule has 35 heavy (non-hydrogen) atoms. The fourth-order valence-electron chi connectivity index (χ4n) is 4.53. The Morgan fingerprint density at radius 3 is 2.46 bits per heavy atom. The van der Waals surface area contributed by atoms with Gasteiger partial charge in [-0.3, -0.25) is 9.59 Å². The van der Waals surface area contributed by atoms with Crippen molar-refractivity contribution in [2.45, 2.75) is 98.6 Å². The molecule has 8 heteroatoms. The Balaban J connectivity index is 2.40. The van der Waals surface area contributed by atoms with Crippen molar-refractivity contribution in [3.63, 3.8) is 0 Å². The molecule has 7 nitrogen and oxygen atoms in total. The normalized spacial score (nSPS) is 33.7. The number of carbonyl (C=O) groups is 2. The second kappa shape index (κ2) is 12.4. The largest absolute Gasteiger partial charge is 0.455 e. The molecule has 3 N–H and O–H groups in total. The summed E-state index contributed by atoms with van der Waals surface area (Å²) in [6, 6.07) is 0. The summed E-state index contributed by atoms with van der Waals surface area (Å²) in [5.74, 6) is -1.82. The molecule has 0 saturated heterocycles. The van der Waals surface area contributed by atoms with E-state index in [1.165, 1.54) is 11.3 Å². The molecule has 0 amide bonds. The number of Topliss-reactive ketones (excluding diaryl/α,β-unsaturated/α-hetero) is 1. The molecule has 2 rings (SSSR count). The molecule has 0 spiro atoms. The Morgan fingerprint density at radius 1 is 1.20 bits per heavy atom. The van der Waals surface area contributed by atoms with Crippen LogP contribution in [0, 0.1) is 24.2 Å². The van der Waals surface area contributed by atoms with E-state index in [2.05, 4.69) is 4.98 Å². The summed E-state index contributed by atoms with van der Waals surface area (Å²) in [5, 5.41) is 35.4. The Kier molecular flexibility index (Phi) is 10.4. The van der Waals surface area contributed by atoms with Crippen molar-refractivity contribution < 1.29 is 29.6 Å². The van der Waals surface area contributed by atoms with E-state index >= 15 is 0 Å². The fraction of sp³-hybridized carbons (Fsp3) is 0.667. The number of aliphatic hydroxyl groups is 3. The highest BCUT2D eigenvalue weighted by Crippen LogP contribution is 2.32. The van der Waals surface area contributed by atoms with Crippen molar-refractivity contribution in [1.29, 1.82) is 0 Å². The third-order valence-corrected chi connectivity index (χ3v) is 7.84. The number of aliphatic hydroxyl groups excluding tert-OH is 3. The van der Waals surface area contributed by atoms with Gasteiger partial charge in [0.1, 0.15) is 11.9 Å². The van der Waals surface area contributed by atoms with Gasteiger partial charge in [0.05, 0.1) is 34.7 Å². The molecule has 1 aliphatic heterocycles. The average molecular weight is 508 g/mol. The van der Waals surface area contributed by atoms with E-state index in [0.29, 0.717) is 18.4 Å². The standard InChI is InChI=1S/C27H41NO6S/c1-15-9-8-10-16(2)24(32)18(4)26(33)27(6,7)22(30)13-23(31)34-25(21(29)11-15)17(3)12-20-14-35-19(5)28-20/h11-12,14,16,18,21-22,24-25,29-30,32H,8-10,13H2,1-7H3/b15-11-,17-12+. The van der Waals surface area contributed by atoms with Gasteiger partial charge in [0, 0.05) is 11.3 Å². The molecular formula is C27H41NO6S. The van der Waals surface area contributed by atoms with Gasteiger partial charge in [0.25, 0.3) is 0 Å². The number of thiazole rings is 1. The third-order valence-electron chi connectivity index (χ3n) is 7.05. The third kappa shape index (κ3) is 7.81. The van der Waals surface area contributed by atoms with Crippen molar-refractivity contribution >= 4 is 29.2 Å². The summed E-state index contributed by atoms with van der Waals surface area (Å²) in [4.78, 5) is 30.5. The minimum Gasteiger partial charge on any atom is -0.455 e. The van der Waals surface area contributed by atoms with Gasteiger partial charge in [-0.15, -0.1) is 11.3 Å². The first-order valence-corrected chi connectivity index (χ1v) is 13.2. The van der Waals surface area contributed by atoms with Crippen molar-refractivity contribution in [1.82, 2.24) is 4.98 Å². The van der Waals surface area contributed by atoms with E-state index in [1.807, 2.05) is 26.2 Å². The number of aryl methyl sites for hydroxylation is 1. The number of esters is 1. The maximum atomic E-state index is 13.2. The molecular weight excluding hydrogens is 466 g/mol. The SMILES string of the molecule is C/C1=C/C(O)C(/C(C)=C/c2csc(C)n2)OC(=O)CC(O)C(C)(C)C(=O)C(C)C(O)C(C)CCC1. The van der Waals surface area contributed by atoms with E-state index in [4.69, 9.17) is 4.74 Å². The smallest absolute Gasteiger partial charge is 0.309 e. The zero-order chi connectivity index (χ0) is 26.5. The minimum atomic E-state index is -1.30. The van der Waals surface area contributed by atoms with Crippen LogP contribution in [0.4, 0.5) is 0 Å². The first-order valence-electron chi connectivity index (χ1n) is 12.3. The van der Waals surface area contributed by atoms with Crippen LogP contribution in [0.15, 0.2) is 22.6 Å². The van der Waals surface area contributed by atoms with Gasteiger partial charge in [0.15, 0.2) is 6.10 Å². The number of hydrogen-bond acceptors (Lipinski definition) is 8. The molecule has 0 fully saturated rings. The van der Waals surface area contributed by atoms with Crippen molar-refractivity contribution in [3.8, 4) is 0 Å². The summed E-state index contributed by atoms with van der Waals surface area (Å²) < 4.78 is 5.67. The first-order chi connectivity index (χ1) is 16.2. The summed E-state index contributed by atoms with van der Waals surface area (Å²) in [7, 11) is 0. The molecule has 0 bridgehead atoms. The predicted octanol–water partition coefficient (Wildman–Crippen LogP) is 4.24. The topological polar surface area (TPSA) is 117 Å². The van der Waals surface area contributed by atoms with Gasteiger partial charge in [-0.2, -0.15) is 0 Å². The number of hydrogen-bond donors (Lipinski definition) is 3. The highest BCUT2D eigenvalue weighted by molar-refractivity contribution is 7.09. The van der Waals surface area contributed by atoms with E-state index in [1.54, 1.807) is 39.8 Å². The van der Waals surface area contributed by atoms with Gasteiger partial charge in [-0.25, -0.2) is 4.98 Å². The van der Waals surface area contributed by atoms with Gasteiger partial charge in [-0.1, -0.05) is 39.3 Å². The van der Waals surface area contributed by atoms with Gasteiger partial charge in [0.2, 0.25) is 0 Å². The second-order valence-corrected chi connectivity index (χ2v) is 11.6. The van der Waals surface area contributed by atoms with E-state index < -0.39 is 48.1 Å². The van der Waals surface area contributed by atoms with Crippen LogP contribution in [0.5, 0.6) is 0 Å². The molecule has 6 atom stereocenters. The molecule has 0 radical (unpaired) electrons. The summed E-state index contributed by atoms with van der Waals surface area (Å²) in [6.07, 6.45) is 1.05. The number of allylic oxidation sites excluding steroid dienone is 1. The molecule has 1 aliphatic rings. The zero-order valence-corrected chi connectivity index (χ0v) is 22.8. The van der Waals surface area contributed by atoms with Crippen molar-refractivity contribution in [2.24, 2.45) is 17.3 Å². The first kappa shape index (κ1) is 29.4. The van der Waals surface area contributed by atoms with Crippen LogP contribution >= 0.6 is 11.3 Å². The van der Waals surface area contributed by atoms with E-state index in [9.17, 15) is 24.9 Å². The molecule has 1 aromatic heterocycles. The Bertz CT molecular complexity index is 949. The molecule has 2 heterocycles. The molecule has 1 aromatic rings. The molecule has 0 aliphatic carbocycles. The number of carbonyl (C=O) groups excluding carboxylic acids is 2. The Morgan fingerprint density at radius 2 is 1.86 bits per heavy atom. The summed E-state index contributed by atoms with van der Waals surface area (Å²) >= 11 is 1.50. The lowest BCUT2D eigenvalue weighted by Gasteiger charge is -2.34. The van der Waals surface area contributed by atoms with E-state index in [0.717, 1.165) is 22.7 Å². The zero-order valence-electron chi connectivity index (χ0n) is 21.9. The van der Waals surface area contributed by atoms with E-state index in [-0.39, 0.29) is 11.7 Å². The number of rotatable bonds is 2. The average Bonchev–Trinajstić information content (AvgIpc) is 3.19. The summed E-state index contributed by atoms with van der Waals surface area (Å²) in [5.41, 5.74) is 1.02. The highest BCUT2D eigenvalue weighted by Gasteiger charge is 2.42. The van der Waals surface area contributed by atoms with Crippen LogP contribution in [0.1, 0.15) is 77.9 Å². The van der Waals surface area contributed by atoms with Crippen LogP contribution in [-0.2, 0) is 14.3 Å². The molecule has 0 aromatic carbocycles.